The summed E-state index contributed by atoms with van der Waals surface area (Å²) in [6.07, 6.45) is -0.635. The van der Waals surface area contributed by atoms with E-state index in [1.807, 2.05) is 6.92 Å². The van der Waals surface area contributed by atoms with Crippen LogP contribution in [0.2, 0.25) is 0 Å². The first-order valence-electron chi connectivity index (χ1n) is 7.43. The fourth-order valence-corrected chi connectivity index (χ4v) is 1.82. The molecule has 0 aliphatic carbocycles. The van der Waals surface area contributed by atoms with E-state index >= 15 is 0 Å². The minimum Gasteiger partial charge on any atom is -0.495 e. The third-order valence-corrected chi connectivity index (χ3v) is 2.95. The summed E-state index contributed by atoms with van der Waals surface area (Å²) in [5.74, 6) is -0.00573. The van der Waals surface area contributed by atoms with Gasteiger partial charge in [-0.1, -0.05) is 0 Å². The number of carbonyl (C=O) groups is 2. The van der Waals surface area contributed by atoms with Crippen molar-refractivity contribution in [1.82, 2.24) is 0 Å². The highest BCUT2D eigenvalue weighted by Gasteiger charge is 2.16. The molecule has 0 unspecified atom stereocenters. The summed E-state index contributed by atoms with van der Waals surface area (Å²) >= 11 is 0. The van der Waals surface area contributed by atoms with Gasteiger partial charge in [-0.15, -0.1) is 0 Å². The van der Waals surface area contributed by atoms with Crippen molar-refractivity contribution in [2.75, 3.05) is 37.6 Å². The molecule has 0 aliphatic heterocycles. The van der Waals surface area contributed by atoms with Crippen molar-refractivity contribution in [2.24, 2.45) is 0 Å². The van der Waals surface area contributed by atoms with E-state index in [2.05, 4.69) is 10.6 Å². The highest BCUT2D eigenvalue weighted by atomic mass is 16.5. The molecule has 1 atom stereocenters. The number of hydrogen-bond acceptors (Lipinski definition) is 5. The summed E-state index contributed by atoms with van der Waals surface area (Å²) in [6.45, 7) is 6.35. The average molecular weight is 324 g/mol. The molecule has 1 aromatic rings. The van der Waals surface area contributed by atoms with E-state index in [1.54, 1.807) is 25.1 Å². The van der Waals surface area contributed by atoms with Gasteiger partial charge in [0.1, 0.15) is 11.9 Å². The maximum Gasteiger partial charge on any atom is 0.253 e. The van der Waals surface area contributed by atoms with E-state index in [1.165, 1.54) is 14.0 Å². The molecular weight excluding hydrogens is 300 g/mol. The van der Waals surface area contributed by atoms with Gasteiger partial charge in [0.2, 0.25) is 5.91 Å². The lowest BCUT2D eigenvalue weighted by Gasteiger charge is -2.16. The van der Waals surface area contributed by atoms with E-state index in [4.69, 9.17) is 14.2 Å². The third-order valence-electron chi connectivity index (χ3n) is 2.95. The van der Waals surface area contributed by atoms with Gasteiger partial charge in [0.05, 0.1) is 26.0 Å². The molecule has 1 aromatic carbocycles. The van der Waals surface area contributed by atoms with Gasteiger partial charge in [-0.25, -0.2) is 0 Å². The molecule has 0 saturated heterocycles. The first-order chi connectivity index (χ1) is 11.0. The van der Waals surface area contributed by atoms with Crippen molar-refractivity contribution in [3.63, 3.8) is 0 Å². The largest absolute Gasteiger partial charge is 0.495 e. The van der Waals surface area contributed by atoms with Crippen LogP contribution in [-0.2, 0) is 19.1 Å². The molecule has 0 saturated carbocycles. The Balaban J connectivity index is 2.69. The van der Waals surface area contributed by atoms with Crippen molar-refractivity contribution >= 4 is 23.2 Å². The predicted molar refractivity (Wildman–Crippen MR) is 87.8 cm³/mol. The highest BCUT2D eigenvalue weighted by molar-refractivity contribution is 5.97. The van der Waals surface area contributed by atoms with Crippen LogP contribution in [0.15, 0.2) is 18.2 Å². The molecule has 0 aliphatic rings. The lowest BCUT2D eigenvalue weighted by atomic mass is 10.2. The molecule has 23 heavy (non-hydrogen) atoms. The van der Waals surface area contributed by atoms with Gasteiger partial charge in [-0.3, -0.25) is 9.59 Å². The lowest BCUT2D eigenvalue weighted by Crippen LogP contribution is -2.29. The Hall–Kier alpha value is -2.12. The van der Waals surface area contributed by atoms with E-state index in [-0.39, 0.29) is 11.8 Å². The molecule has 2 amide bonds. The highest BCUT2D eigenvalue weighted by Crippen LogP contribution is 2.28. The molecule has 0 bridgehead atoms. The molecule has 1 rings (SSSR count). The van der Waals surface area contributed by atoms with E-state index < -0.39 is 6.10 Å². The van der Waals surface area contributed by atoms with Crippen molar-refractivity contribution in [2.45, 2.75) is 26.9 Å². The minimum absolute atomic E-state index is 0.194. The number of ether oxygens (including phenoxy) is 3. The fourth-order valence-electron chi connectivity index (χ4n) is 1.82. The number of amides is 2. The number of anilines is 2. The van der Waals surface area contributed by atoms with Crippen molar-refractivity contribution in [3.8, 4) is 5.75 Å². The summed E-state index contributed by atoms with van der Waals surface area (Å²) in [5, 5.41) is 5.39. The molecule has 0 fully saturated rings. The van der Waals surface area contributed by atoms with Gasteiger partial charge < -0.3 is 24.8 Å². The second kappa shape index (κ2) is 9.81. The van der Waals surface area contributed by atoms with Crippen LogP contribution in [0.4, 0.5) is 11.4 Å². The number of nitrogens with one attached hydrogen (secondary N) is 2. The zero-order valence-corrected chi connectivity index (χ0v) is 14.0. The van der Waals surface area contributed by atoms with Crippen LogP contribution in [0.25, 0.3) is 0 Å². The van der Waals surface area contributed by atoms with Crippen molar-refractivity contribution in [1.29, 1.82) is 0 Å². The van der Waals surface area contributed by atoms with Gasteiger partial charge >= 0.3 is 0 Å². The van der Waals surface area contributed by atoms with Gasteiger partial charge in [-0.05, 0) is 32.0 Å². The normalized spacial score (nSPS) is 11.7. The molecule has 0 heterocycles. The number of benzene rings is 1. The molecule has 0 spiro atoms. The first-order valence-corrected chi connectivity index (χ1v) is 7.43. The zero-order valence-electron chi connectivity index (χ0n) is 14.0. The topological polar surface area (TPSA) is 85.9 Å². The Morgan fingerprint density at radius 1 is 1.22 bits per heavy atom. The SMILES string of the molecule is CCOCCO[C@@H](C)C(=O)Nc1cc(NC(C)=O)ccc1OC. The molecule has 0 radical (unpaired) electrons. The maximum absolute atomic E-state index is 12.2. The molecule has 0 aromatic heterocycles. The molecule has 2 N–H and O–H groups in total. The van der Waals surface area contributed by atoms with E-state index in [0.717, 1.165) is 0 Å². The number of hydrogen-bond donors (Lipinski definition) is 2. The Kier molecular flexibility index (Phi) is 8.07. The van der Waals surface area contributed by atoms with Crippen LogP contribution in [0.1, 0.15) is 20.8 Å². The minimum atomic E-state index is -0.635. The Morgan fingerprint density at radius 2 is 1.96 bits per heavy atom. The maximum atomic E-state index is 12.2. The van der Waals surface area contributed by atoms with Crippen LogP contribution >= 0.6 is 0 Å². The fraction of sp³-hybridized carbons (Fsp3) is 0.500. The van der Waals surface area contributed by atoms with Gasteiger partial charge in [0.25, 0.3) is 5.91 Å². The average Bonchev–Trinajstić information content (AvgIpc) is 2.51. The van der Waals surface area contributed by atoms with Crippen molar-refractivity contribution in [3.05, 3.63) is 18.2 Å². The molecule has 7 heteroatoms. The van der Waals surface area contributed by atoms with Crippen LogP contribution in [0.5, 0.6) is 5.75 Å². The van der Waals surface area contributed by atoms with Crippen LogP contribution in [0, 0.1) is 0 Å². The third kappa shape index (κ3) is 6.66. The summed E-state index contributed by atoms with van der Waals surface area (Å²) in [5.41, 5.74) is 1.03. The van der Waals surface area contributed by atoms with Gasteiger partial charge in [-0.2, -0.15) is 0 Å². The van der Waals surface area contributed by atoms with Crippen LogP contribution in [-0.4, -0.2) is 44.8 Å². The number of methoxy groups -OCH3 is 1. The van der Waals surface area contributed by atoms with Crippen LogP contribution < -0.4 is 15.4 Å². The standard InChI is InChI=1S/C16H24N2O5/c1-5-22-8-9-23-11(2)16(20)18-14-10-13(17-12(3)19)6-7-15(14)21-4/h6-7,10-11H,5,8-9H2,1-4H3,(H,17,19)(H,18,20)/t11-/m0/s1. The smallest absolute Gasteiger partial charge is 0.253 e. The number of carbonyl (C=O) groups excluding carboxylic acids is 2. The second-order valence-electron chi connectivity index (χ2n) is 4.80. The summed E-state index contributed by atoms with van der Waals surface area (Å²) in [4.78, 5) is 23.3. The summed E-state index contributed by atoms with van der Waals surface area (Å²) < 4.78 is 15.8. The summed E-state index contributed by atoms with van der Waals surface area (Å²) in [7, 11) is 1.51. The molecular formula is C16H24N2O5. The monoisotopic (exact) mass is 324 g/mol. The summed E-state index contributed by atoms with van der Waals surface area (Å²) in [6, 6.07) is 4.99. The second-order valence-corrected chi connectivity index (χ2v) is 4.80. The Morgan fingerprint density at radius 3 is 2.57 bits per heavy atom. The van der Waals surface area contributed by atoms with E-state index in [9.17, 15) is 9.59 Å². The van der Waals surface area contributed by atoms with Crippen LogP contribution in [0.3, 0.4) is 0 Å². The van der Waals surface area contributed by atoms with Crippen molar-refractivity contribution < 1.29 is 23.8 Å². The predicted octanol–water partition coefficient (Wildman–Crippen LogP) is 2.03. The van der Waals surface area contributed by atoms with Gasteiger partial charge in [0, 0.05) is 19.2 Å². The number of rotatable bonds is 9. The zero-order chi connectivity index (χ0) is 17.2. The molecule has 7 nitrogen and oxygen atoms in total. The first kappa shape index (κ1) is 18.9. The quantitative estimate of drug-likeness (QED) is 0.679. The lowest BCUT2D eigenvalue weighted by molar-refractivity contribution is -0.127. The Bertz CT molecular complexity index is 533. The molecule has 128 valence electrons. The van der Waals surface area contributed by atoms with E-state index in [0.29, 0.717) is 36.9 Å². The Labute approximate surface area is 136 Å². The van der Waals surface area contributed by atoms with Gasteiger partial charge in [0.15, 0.2) is 0 Å².